The van der Waals surface area contributed by atoms with Crippen LogP contribution in [0, 0.1) is 0 Å². The Morgan fingerprint density at radius 3 is 2.47 bits per heavy atom. The van der Waals surface area contributed by atoms with Gasteiger partial charge in [-0.15, -0.1) is 6.58 Å². The van der Waals surface area contributed by atoms with E-state index in [1.807, 2.05) is 7.05 Å². The van der Waals surface area contributed by atoms with Gasteiger partial charge >= 0.3 is 5.97 Å². The fraction of sp³-hybridized carbons (Fsp3) is 0.714. The van der Waals surface area contributed by atoms with Gasteiger partial charge in [-0.1, -0.05) is 25.3 Å². The van der Waals surface area contributed by atoms with Gasteiger partial charge in [0.1, 0.15) is 6.54 Å². The van der Waals surface area contributed by atoms with E-state index in [9.17, 15) is 9.59 Å². The van der Waals surface area contributed by atoms with E-state index >= 15 is 0 Å². The Kier molecular flexibility index (Phi) is 6.02. The summed E-state index contributed by atoms with van der Waals surface area (Å²) in [5.41, 5.74) is -0.159. The zero-order valence-corrected chi connectivity index (χ0v) is 11.7. The van der Waals surface area contributed by atoms with Crippen LogP contribution in [0.3, 0.4) is 0 Å². The summed E-state index contributed by atoms with van der Waals surface area (Å²) >= 11 is 0. The van der Waals surface area contributed by atoms with E-state index in [0.29, 0.717) is 6.42 Å². The molecule has 2 N–H and O–H groups in total. The van der Waals surface area contributed by atoms with Crippen molar-refractivity contribution in [2.45, 2.75) is 44.1 Å². The minimum Gasteiger partial charge on any atom is -0.480 e. The lowest BCUT2D eigenvalue weighted by Crippen LogP contribution is -2.49. The van der Waals surface area contributed by atoms with Gasteiger partial charge in [0.05, 0.1) is 0 Å². The number of carboxylic acids is 1. The highest BCUT2D eigenvalue weighted by Gasteiger charge is 2.34. The van der Waals surface area contributed by atoms with Crippen molar-refractivity contribution in [3.8, 4) is 0 Å². The predicted molar refractivity (Wildman–Crippen MR) is 73.9 cm³/mol. The second-order valence-corrected chi connectivity index (χ2v) is 5.22. The molecule has 0 heterocycles. The van der Waals surface area contributed by atoms with E-state index in [-0.39, 0.29) is 24.5 Å². The second-order valence-electron chi connectivity index (χ2n) is 5.22. The average Bonchev–Trinajstić information content (AvgIpc) is 2.39. The van der Waals surface area contributed by atoms with Crippen LogP contribution in [0.25, 0.3) is 0 Å². The van der Waals surface area contributed by atoms with Crippen molar-refractivity contribution in [1.29, 1.82) is 0 Å². The molecule has 0 aromatic rings. The Morgan fingerprint density at radius 2 is 2.00 bits per heavy atom. The molecule has 0 radical (unpaired) electrons. The van der Waals surface area contributed by atoms with Gasteiger partial charge in [0.15, 0.2) is 0 Å². The molecular formula is C14H24N2O3. The van der Waals surface area contributed by atoms with Gasteiger partial charge in [-0.05, 0) is 19.9 Å². The molecule has 0 spiro atoms. The van der Waals surface area contributed by atoms with Crippen molar-refractivity contribution >= 4 is 11.9 Å². The van der Waals surface area contributed by atoms with Crippen LogP contribution in [0.5, 0.6) is 0 Å². The van der Waals surface area contributed by atoms with Crippen LogP contribution < -0.4 is 5.32 Å². The fourth-order valence-electron chi connectivity index (χ4n) is 2.72. The van der Waals surface area contributed by atoms with Gasteiger partial charge in [-0.2, -0.15) is 0 Å². The quantitative estimate of drug-likeness (QED) is 0.685. The molecule has 1 aliphatic rings. The highest BCUT2D eigenvalue weighted by atomic mass is 16.4. The Hall–Kier alpha value is -1.36. The van der Waals surface area contributed by atoms with Crippen LogP contribution in [0.2, 0.25) is 0 Å². The third-order valence-electron chi connectivity index (χ3n) is 3.86. The summed E-state index contributed by atoms with van der Waals surface area (Å²) in [6.45, 7) is 3.60. The van der Waals surface area contributed by atoms with E-state index in [2.05, 4.69) is 11.9 Å². The van der Waals surface area contributed by atoms with E-state index in [0.717, 1.165) is 25.7 Å². The summed E-state index contributed by atoms with van der Waals surface area (Å²) in [4.78, 5) is 24.4. The molecule has 0 saturated heterocycles. The monoisotopic (exact) mass is 268 g/mol. The standard InChI is InChI=1S/C14H24N2O3/c1-3-9-16(11-13(18)19)12(17)10-14(15-2)7-5-4-6-8-14/h3,15H,1,4-11H2,2H3,(H,18,19). The maximum Gasteiger partial charge on any atom is 0.323 e. The fourth-order valence-corrected chi connectivity index (χ4v) is 2.72. The summed E-state index contributed by atoms with van der Waals surface area (Å²) < 4.78 is 0. The first-order valence-electron chi connectivity index (χ1n) is 6.82. The van der Waals surface area contributed by atoms with E-state index in [1.165, 1.54) is 11.3 Å². The number of carboxylic acid groups (broad SMARTS) is 1. The third-order valence-corrected chi connectivity index (χ3v) is 3.86. The summed E-state index contributed by atoms with van der Waals surface area (Å²) in [6.07, 6.45) is 7.33. The van der Waals surface area contributed by atoms with Gasteiger partial charge in [0, 0.05) is 18.5 Å². The molecule has 0 aliphatic heterocycles. The first-order valence-corrected chi connectivity index (χ1v) is 6.82. The smallest absolute Gasteiger partial charge is 0.323 e. The van der Waals surface area contributed by atoms with Crippen LogP contribution in [-0.2, 0) is 9.59 Å². The largest absolute Gasteiger partial charge is 0.480 e. The molecule has 0 unspecified atom stereocenters. The molecule has 0 bridgehead atoms. The van der Waals surface area contributed by atoms with Crippen LogP contribution in [-0.4, -0.2) is 47.6 Å². The summed E-state index contributed by atoms with van der Waals surface area (Å²) in [5.74, 6) is -1.10. The molecule has 1 rings (SSSR count). The first kappa shape index (κ1) is 15.7. The minimum atomic E-state index is -0.989. The predicted octanol–water partition coefficient (Wildman–Crippen LogP) is 1.40. The molecule has 5 nitrogen and oxygen atoms in total. The maximum absolute atomic E-state index is 12.3. The van der Waals surface area contributed by atoms with Crippen molar-refractivity contribution in [1.82, 2.24) is 10.2 Å². The molecule has 0 atom stereocenters. The molecule has 5 heteroatoms. The van der Waals surface area contributed by atoms with Crippen molar-refractivity contribution in [2.24, 2.45) is 0 Å². The molecule has 1 aliphatic carbocycles. The Morgan fingerprint density at radius 1 is 1.37 bits per heavy atom. The molecule has 0 aromatic carbocycles. The number of nitrogens with one attached hydrogen (secondary N) is 1. The highest BCUT2D eigenvalue weighted by molar-refractivity contribution is 5.82. The lowest BCUT2D eigenvalue weighted by atomic mass is 9.79. The summed E-state index contributed by atoms with van der Waals surface area (Å²) in [6, 6.07) is 0. The average molecular weight is 268 g/mol. The van der Waals surface area contributed by atoms with Gasteiger partial charge < -0.3 is 15.3 Å². The van der Waals surface area contributed by atoms with Crippen molar-refractivity contribution in [3.63, 3.8) is 0 Å². The van der Waals surface area contributed by atoms with E-state index < -0.39 is 5.97 Å². The van der Waals surface area contributed by atoms with E-state index in [4.69, 9.17) is 5.11 Å². The molecule has 108 valence electrons. The van der Waals surface area contributed by atoms with Gasteiger partial charge in [-0.3, -0.25) is 9.59 Å². The van der Waals surface area contributed by atoms with Crippen LogP contribution in [0.4, 0.5) is 0 Å². The number of amides is 1. The topological polar surface area (TPSA) is 69.6 Å². The van der Waals surface area contributed by atoms with Crippen molar-refractivity contribution < 1.29 is 14.7 Å². The minimum absolute atomic E-state index is 0.112. The zero-order valence-electron chi connectivity index (χ0n) is 11.7. The number of rotatable bonds is 7. The lowest BCUT2D eigenvalue weighted by molar-refractivity contribution is -0.144. The highest BCUT2D eigenvalue weighted by Crippen LogP contribution is 2.31. The van der Waals surface area contributed by atoms with Crippen LogP contribution in [0.15, 0.2) is 12.7 Å². The molecule has 19 heavy (non-hydrogen) atoms. The summed E-state index contributed by atoms with van der Waals surface area (Å²) in [5, 5.41) is 12.1. The first-order chi connectivity index (χ1) is 9.03. The number of hydrogen-bond donors (Lipinski definition) is 2. The lowest BCUT2D eigenvalue weighted by Gasteiger charge is -2.38. The van der Waals surface area contributed by atoms with E-state index in [1.54, 1.807) is 6.08 Å². The van der Waals surface area contributed by atoms with Crippen molar-refractivity contribution in [3.05, 3.63) is 12.7 Å². The Balaban J connectivity index is 2.67. The third kappa shape index (κ3) is 4.67. The van der Waals surface area contributed by atoms with Crippen LogP contribution in [0.1, 0.15) is 38.5 Å². The Bertz CT molecular complexity index is 336. The summed E-state index contributed by atoms with van der Waals surface area (Å²) in [7, 11) is 1.88. The molecule has 0 aromatic heterocycles. The number of nitrogens with zero attached hydrogens (tertiary/aromatic N) is 1. The molecule has 1 fully saturated rings. The normalized spacial score (nSPS) is 17.7. The zero-order chi connectivity index (χ0) is 14.3. The molecular weight excluding hydrogens is 244 g/mol. The van der Waals surface area contributed by atoms with Crippen molar-refractivity contribution in [2.75, 3.05) is 20.1 Å². The van der Waals surface area contributed by atoms with Crippen LogP contribution >= 0.6 is 0 Å². The SMILES string of the molecule is C=CCN(CC(=O)O)C(=O)CC1(NC)CCCCC1. The number of carbonyl (C=O) groups is 2. The molecule has 1 saturated carbocycles. The van der Waals surface area contributed by atoms with Gasteiger partial charge in [-0.25, -0.2) is 0 Å². The maximum atomic E-state index is 12.3. The number of hydrogen-bond acceptors (Lipinski definition) is 3. The second kappa shape index (κ2) is 7.28. The Labute approximate surface area is 114 Å². The van der Waals surface area contributed by atoms with Gasteiger partial charge in [0.2, 0.25) is 5.91 Å². The number of carbonyl (C=O) groups excluding carboxylic acids is 1. The number of aliphatic carboxylic acids is 1. The van der Waals surface area contributed by atoms with Gasteiger partial charge in [0.25, 0.3) is 0 Å². The molecule has 1 amide bonds.